The molecule has 0 atom stereocenters. The molecule has 4 rings (SSSR count). The third-order valence-electron chi connectivity index (χ3n) is 5.20. The molecule has 1 heterocycles. The number of carbonyl (C=O) groups is 1. The zero-order chi connectivity index (χ0) is 25.3. The van der Waals surface area contributed by atoms with E-state index in [4.69, 9.17) is 5.53 Å². The van der Waals surface area contributed by atoms with Crippen LogP contribution in [0.2, 0.25) is 0 Å². The molecule has 36 heavy (non-hydrogen) atoms. The lowest BCUT2D eigenvalue weighted by Crippen LogP contribution is -2.22. The third-order valence-corrected chi connectivity index (χ3v) is 6.14. The van der Waals surface area contributed by atoms with E-state index in [1.54, 1.807) is 36.4 Å². The van der Waals surface area contributed by atoms with E-state index in [-0.39, 0.29) is 17.2 Å². The average Bonchev–Trinajstić information content (AvgIpc) is 2.92. The molecule has 0 spiro atoms. The number of aromatic amines is 1. The number of azide groups is 1. The number of H-pyrrole nitrogens is 1. The second-order valence-electron chi connectivity index (χ2n) is 7.60. The first kappa shape index (κ1) is 24.3. The van der Waals surface area contributed by atoms with Gasteiger partial charge in [-0.3, -0.25) is 9.59 Å². The van der Waals surface area contributed by atoms with E-state index in [0.717, 1.165) is 11.1 Å². The molecule has 1 amide bonds. The Balaban J connectivity index is 1.50. The van der Waals surface area contributed by atoms with Gasteiger partial charge in [0.05, 0.1) is 5.69 Å². The zero-order valence-electron chi connectivity index (χ0n) is 18.9. The lowest BCUT2D eigenvalue weighted by atomic mass is 10.1. The molecule has 0 bridgehead atoms. The molecule has 4 aromatic rings. The normalized spacial score (nSPS) is 10.2. The Labute approximate surface area is 210 Å². The van der Waals surface area contributed by atoms with Gasteiger partial charge >= 0.3 is 0 Å². The maximum absolute atomic E-state index is 12.5. The summed E-state index contributed by atoms with van der Waals surface area (Å²) in [6, 6.07) is 25.2. The first-order valence-corrected chi connectivity index (χ1v) is 11.8. The predicted molar refractivity (Wildman–Crippen MR) is 137 cm³/mol. The Kier molecular flexibility index (Phi) is 7.78. The highest BCUT2D eigenvalue weighted by molar-refractivity contribution is 7.98. The lowest BCUT2D eigenvalue weighted by molar-refractivity contribution is 0.0951. The Morgan fingerprint density at radius 2 is 1.78 bits per heavy atom. The number of benzene rings is 3. The fraction of sp³-hybridized carbons (Fsp3) is 0.0769. The summed E-state index contributed by atoms with van der Waals surface area (Å²) in [5.74, 6) is 0.276. The van der Waals surface area contributed by atoms with Crippen molar-refractivity contribution in [2.45, 2.75) is 17.5 Å². The average molecular weight is 494 g/mol. The van der Waals surface area contributed by atoms with Gasteiger partial charge in [0.2, 0.25) is 0 Å². The molecule has 0 aliphatic heterocycles. The van der Waals surface area contributed by atoms with Crippen LogP contribution in [0, 0.1) is 11.3 Å². The van der Waals surface area contributed by atoms with E-state index >= 15 is 0 Å². The van der Waals surface area contributed by atoms with Crippen LogP contribution >= 0.6 is 11.8 Å². The van der Waals surface area contributed by atoms with Crippen molar-refractivity contribution >= 4 is 23.4 Å². The van der Waals surface area contributed by atoms with Crippen LogP contribution in [0.4, 0.5) is 5.69 Å². The fourth-order valence-electron chi connectivity index (χ4n) is 3.36. The number of nitriles is 1. The molecular formula is C26H19N7O2S. The maximum atomic E-state index is 12.5. The molecule has 0 radical (unpaired) electrons. The van der Waals surface area contributed by atoms with Crippen molar-refractivity contribution in [3.63, 3.8) is 0 Å². The summed E-state index contributed by atoms with van der Waals surface area (Å²) in [4.78, 5) is 35.0. The molecule has 3 aromatic carbocycles. The number of aromatic nitrogens is 2. The van der Waals surface area contributed by atoms with Crippen molar-refractivity contribution in [3.05, 3.63) is 122 Å². The van der Waals surface area contributed by atoms with Crippen LogP contribution in [0.15, 0.2) is 93.9 Å². The molecule has 0 saturated heterocycles. The molecule has 0 saturated carbocycles. The molecule has 9 nitrogen and oxygen atoms in total. The van der Waals surface area contributed by atoms with Gasteiger partial charge in [0.25, 0.3) is 11.5 Å². The largest absolute Gasteiger partial charge is 0.348 e. The van der Waals surface area contributed by atoms with Crippen molar-refractivity contribution in [2.75, 3.05) is 0 Å². The van der Waals surface area contributed by atoms with E-state index in [1.807, 2.05) is 48.5 Å². The summed E-state index contributed by atoms with van der Waals surface area (Å²) < 4.78 is 0. The number of carbonyl (C=O) groups excluding carboxylic acids is 1. The number of hydrogen-bond donors (Lipinski definition) is 2. The summed E-state index contributed by atoms with van der Waals surface area (Å²) in [5.41, 5.74) is 11.6. The van der Waals surface area contributed by atoms with Gasteiger partial charge in [-0.2, -0.15) is 5.26 Å². The highest BCUT2D eigenvalue weighted by Crippen LogP contribution is 2.25. The Hall–Kier alpha value is -4.84. The lowest BCUT2D eigenvalue weighted by Gasteiger charge is -2.09. The Morgan fingerprint density at radius 1 is 1.06 bits per heavy atom. The zero-order valence-corrected chi connectivity index (χ0v) is 19.7. The van der Waals surface area contributed by atoms with Crippen LogP contribution in [0.1, 0.15) is 27.0 Å². The standard InChI is InChI=1S/C26H19N7O2S/c27-14-22-23(19-8-10-20(11-9-19)24(34)29-15-17-4-2-1-3-5-17)30-26(31-25(22)35)36-16-18-6-12-21(13-7-18)32-33-28/h1-13H,15-16H2,(H,29,34)(H,30,31,35). The van der Waals surface area contributed by atoms with Gasteiger partial charge in [-0.25, -0.2) is 4.98 Å². The summed E-state index contributed by atoms with van der Waals surface area (Å²) in [7, 11) is 0. The molecular weight excluding hydrogens is 474 g/mol. The first-order valence-electron chi connectivity index (χ1n) is 10.8. The highest BCUT2D eigenvalue weighted by atomic mass is 32.2. The van der Waals surface area contributed by atoms with Crippen LogP contribution < -0.4 is 10.9 Å². The van der Waals surface area contributed by atoms with Crippen LogP contribution in [0.3, 0.4) is 0 Å². The predicted octanol–water partition coefficient (Wildman–Crippen LogP) is 5.47. The van der Waals surface area contributed by atoms with Gasteiger partial charge in [-0.15, -0.1) is 0 Å². The number of amides is 1. The van der Waals surface area contributed by atoms with Gasteiger partial charge in [0.1, 0.15) is 11.6 Å². The number of nitrogens with zero attached hydrogens (tertiary/aromatic N) is 5. The Morgan fingerprint density at radius 3 is 2.44 bits per heavy atom. The molecule has 0 unspecified atom stereocenters. The maximum Gasteiger partial charge on any atom is 0.270 e. The minimum Gasteiger partial charge on any atom is -0.348 e. The van der Waals surface area contributed by atoms with Gasteiger partial charge in [0.15, 0.2) is 5.16 Å². The monoisotopic (exact) mass is 493 g/mol. The molecule has 0 fully saturated rings. The molecule has 10 heteroatoms. The van der Waals surface area contributed by atoms with Gasteiger partial charge in [0, 0.05) is 34.0 Å². The minimum absolute atomic E-state index is 0.0978. The van der Waals surface area contributed by atoms with Crippen molar-refractivity contribution in [2.24, 2.45) is 5.11 Å². The quantitative estimate of drug-likeness (QED) is 0.110. The molecule has 2 N–H and O–H groups in total. The van der Waals surface area contributed by atoms with E-state index in [0.29, 0.717) is 34.3 Å². The first-order chi connectivity index (χ1) is 17.6. The SMILES string of the molecule is N#Cc1c(-c2ccc(C(=O)NCc3ccccc3)cc2)nc(SCc2ccc(N=[N+]=[N-])cc2)[nH]c1=O. The van der Waals surface area contributed by atoms with E-state index in [2.05, 4.69) is 25.3 Å². The second-order valence-corrected chi connectivity index (χ2v) is 8.56. The Bertz CT molecular complexity index is 1520. The van der Waals surface area contributed by atoms with E-state index < -0.39 is 5.56 Å². The molecule has 1 aromatic heterocycles. The third kappa shape index (κ3) is 5.98. The summed E-state index contributed by atoms with van der Waals surface area (Å²) in [6.45, 7) is 0.407. The second kappa shape index (κ2) is 11.5. The molecule has 176 valence electrons. The number of thioether (sulfide) groups is 1. The van der Waals surface area contributed by atoms with Crippen LogP contribution in [-0.4, -0.2) is 15.9 Å². The van der Waals surface area contributed by atoms with Crippen LogP contribution in [0.25, 0.3) is 21.7 Å². The van der Waals surface area contributed by atoms with Gasteiger partial charge in [-0.1, -0.05) is 83.6 Å². The summed E-state index contributed by atoms with van der Waals surface area (Å²) in [6.07, 6.45) is 0. The fourth-order valence-corrected chi connectivity index (χ4v) is 4.17. The van der Waals surface area contributed by atoms with Crippen LogP contribution in [-0.2, 0) is 12.3 Å². The summed E-state index contributed by atoms with van der Waals surface area (Å²) in [5, 5.41) is 16.3. The van der Waals surface area contributed by atoms with Gasteiger partial charge in [-0.05, 0) is 28.8 Å². The number of hydrogen-bond acceptors (Lipinski definition) is 6. The minimum atomic E-state index is -0.534. The van der Waals surface area contributed by atoms with Crippen molar-refractivity contribution < 1.29 is 4.79 Å². The number of nitrogens with one attached hydrogen (secondary N) is 2. The highest BCUT2D eigenvalue weighted by Gasteiger charge is 2.15. The molecule has 0 aliphatic carbocycles. The van der Waals surface area contributed by atoms with E-state index in [1.165, 1.54) is 11.8 Å². The summed E-state index contributed by atoms with van der Waals surface area (Å²) >= 11 is 1.30. The van der Waals surface area contributed by atoms with Gasteiger partial charge < -0.3 is 10.3 Å². The number of rotatable bonds is 8. The smallest absolute Gasteiger partial charge is 0.270 e. The van der Waals surface area contributed by atoms with Crippen molar-refractivity contribution in [1.82, 2.24) is 15.3 Å². The topological polar surface area (TPSA) is 147 Å². The van der Waals surface area contributed by atoms with Crippen molar-refractivity contribution in [3.8, 4) is 17.3 Å². The van der Waals surface area contributed by atoms with Crippen LogP contribution in [0.5, 0.6) is 0 Å². The van der Waals surface area contributed by atoms with Crippen molar-refractivity contribution in [1.29, 1.82) is 5.26 Å². The molecule has 0 aliphatic rings. The van der Waals surface area contributed by atoms with E-state index in [9.17, 15) is 14.9 Å².